The van der Waals surface area contributed by atoms with Crippen LogP contribution in [-0.2, 0) is 13.0 Å². The lowest BCUT2D eigenvalue weighted by atomic mass is 9.99. The van der Waals surface area contributed by atoms with Crippen LogP contribution in [-0.4, -0.2) is 32.3 Å². The first kappa shape index (κ1) is 18.1. The van der Waals surface area contributed by atoms with Crippen molar-refractivity contribution in [3.63, 3.8) is 0 Å². The third-order valence-corrected chi connectivity index (χ3v) is 5.50. The highest BCUT2D eigenvalue weighted by atomic mass is 16.2. The Hall–Kier alpha value is -3.93. The second-order valence-corrected chi connectivity index (χ2v) is 7.40. The number of aromatic nitrogens is 3. The summed E-state index contributed by atoms with van der Waals surface area (Å²) in [5.74, 6) is 0.186. The number of H-pyrrole nitrogens is 1. The molecular formula is C24H21N5O. The molecule has 2 aromatic carbocycles. The Morgan fingerprint density at radius 3 is 2.60 bits per heavy atom. The van der Waals surface area contributed by atoms with E-state index in [0.29, 0.717) is 24.5 Å². The molecule has 2 aromatic heterocycles. The summed E-state index contributed by atoms with van der Waals surface area (Å²) in [4.78, 5) is 26.7. The standard InChI is InChI=1S/C24H21N5O/c25-24-27-14-20(17-7-2-1-3-8-17)22(28-24)19-12-21(26-13-19)23(30)29-11-10-16-6-4-5-9-18(16)15-29/h1-9,12-14,26H,10-11,15H2,(H2,25,27,28). The molecular weight excluding hydrogens is 374 g/mol. The van der Waals surface area contributed by atoms with Gasteiger partial charge in [-0.2, -0.15) is 0 Å². The van der Waals surface area contributed by atoms with E-state index in [9.17, 15) is 4.79 Å². The second-order valence-electron chi connectivity index (χ2n) is 7.40. The molecule has 4 aromatic rings. The molecule has 0 unspecified atom stereocenters. The number of aromatic amines is 1. The number of nitrogens with zero attached hydrogens (tertiary/aromatic N) is 3. The van der Waals surface area contributed by atoms with Gasteiger partial charge in [-0.25, -0.2) is 9.97 Å². The predicted molar refractivity (Wildman–Crippen MR) is 117 cm³/mol. The quantitative estimate of drug-likeness (QED) is 0.550. The van der Waals surface area contributed by atoms with Gasteiger partial charge in [-0.05, 0) is 29.2 Å². The summed E-state index contributed by atoms with van der Waals surface area (Å²) in [5, 5.41) is 0. The Labute approximate surface area is 174 Å². The Kier molecular flexibility index (Phi) is 4.52. The van der Waals surface area contributed by atoms with E-state index in [1.54, 1.807) is 12.4 Å². The molecule has 1 amide bonds. The highest BCUT2D eigenvalue weighted by molar-refractivity contribution is 5.95. The van der Waals surface area contributed by atoms with Gasteiger partial charge in [0.15, 0.2) is 0 Å². The molecule has 0 saturated carbocycles. The number of carbonyl (C=O) groups is 1. The summed E-state index contributed by atoms with van der Waals surface area (Å²) in [7, 11) is 0. The van der Waals surface area contributed by atoms with Crippen molar-refractivity contribution in [1.82, 2.24) is 19.9 Å². The van der Waals surface area contributed by atoms with Crippen molar-refractivity contribution in [2.75, 3.05) is 12.3 Å². The Morgan fingerprint density at radius 2 is 1.77 bits per heavy atom. The highest BCUT2D eigenvalue weighted by Crippen LogP contribution is 2.31. The fraction of sp³-hybridized carbons (Fsp3) is 0.125. The maximum Gasteiger partial charge on any atom is 0.270 e. The third kappa shape index (κ3) is 3.33. The predicted octanol–water partition coefficient (Wildman–Crippen LogP) is 3.92. The molecule has 1 aliphatic heterocycles. The van der Waals surface area contributed by atoms with Crippen LogP contribution in [0.15, 0.2) is 73.1 Å². The first-order chi connectivity index (χ1) is 14.7. The Balaban J connectivity index is 1.45. The molecule has 0 atom stereocenters. The monoisotopic (exact) mass is 395 g/mol. The van der Waals surface area contributed by atoms with Crippen LogP contribution in [0.5, 0.6) is 0 Å². The second kappa shape index (κ2) is 7.48. The van der Waals surface area contributed by atoms with Crippen molar-refractivity contribution in [2.45, 2.75) is 13.0 Å². The van der Waals surface area contributed by atoms with Gasteiger partial charge in [0.25, 0.3) is 5.91 Å². The minimum atomic E-state index is -0.0148. The minimum Gasteiger partial charge on any atom is -0.368 e. The van der Waals surface area contributed by atoms with Gasteiger partial charge in [0.05, 0.1) is 5.69 Å². The molecule has 0 saturated heterocycles. The van der Waals surface area contributed by atoms with E-state index in [-0.39, 0.29) is 11.9 Å². The Morgan fingerprint density at radius 1 is 1.00 bits per heavy atom. The van der Waals surface area contributed by atoms with E-state index in [2.05, 4.69) is 27.1 Å². The van der Waals surface area contributed by atoms with Gasteiger partial charge in [-0.1, -0.05) is 54.6 Å². The Bertz CT molecular complexity index is 1220. The summed E-state index contributed by atoms with van der Waals surface area (Å²) in [6, 6.07) is 20.0. The van der Waals surface area contributed by atoms with Crippen LogP contribution in [0.4, 0.5) is 5.95 Å². The number of rotatable bonds is 3. The van der Waals surface area contributed by atoms with Gasteiger partial charge in [-0.3, -0.25) is 4.79 Å². The normalized spacial score (nSPS) is 13.1. The average Bonchev–Trinajstić information content (AvgIpc) is 3.29. The van der Waals surface area contributed by atoms with Crippen LogP contribution >= 0.6 is 0 Å². The summed E-state index contributed by atoms with van der Waals surface area (Å²) < 4.78 is 0. The molecule has 1 aliphatic rings. The maximum absolute atomic E-state index is 13.1. The van der Waals surface area contributed by atoms with Crippen LogP contribution in [0.3, 0.4) is 0 Å². The van der Waals surface area contributed by atoms with Gasteiger partial charge in [-0.15, -0.1) is 0 Å². The minimum absolute atomic E-state index is 0.0148. The van der Waals surface area contributed by atoms with Crippen molar-refractivity contribution in [3.8, 4) is 22.4 Å². The van der Waals surface area contributed by atoms with E-state index < -0.39 is 0 Å². The topological polar surface area (TPSA) is 87.9 Å². The highest BCUT2D eigenvalue weighted by Gasteiger charge is 2.23. The van der Waals surface area contributed by atoms with Gasteiger partial charge in [0, 0.05) is 36.6 Å². The lowest BCUT2D eigenvalue weighted by Gasteiger charge is -2.28. The number of nitrogen functional groups attached to an aromatic ring is 1. The molecule has 0 radical (unpaired) electrons. The zero-order valence-electron chi connectivity index (χ0n) is 16.4. The van der Waals surface area contributed by atoms with Crippen molar-refractivity contribution in [2.24, 2.45) is 0 Å². The first-order valence-electron chi connectivity index (χ1n) is 9.92. The van der Waals surface area contributed by atoms with E-state index in [4.69, 9.17) is 5.73 Å². The number of fused-ring (bicyclic) bond motifs is 1. The van der Waals surface area contributed by atoms with Crippen molar-refractivity contribution < 1.29 is 4.79 Å². The molecule has 30 heavy (non-hydrogen) atoms. The van der Waals surface area contributed by atoms with Gasteiger partial charge in [0.2, 0.25) is 5.95 Å². The number of hydrogen-bond acceptors (Lipinski definition) is 4. The summed E-state index contributed by atoms with van der Waals surface area (Å²) >= 11 is 0. The summed E-state index contributed by atoms with van der Waals surface area (Å²) in [6.45, 7) is 1.33. The molecule has 148 valence electrons. The van der Waals surface area contributed by atoms with Crippen LogP contribution in [0.1, 0.15) is 21.6 Å². The first-order valence-corrected chi connectivity index (χ1v) is 9.92. The van der Waals surface area contributed by atoms with Crippen LogP contribution in [0.25, 0.3) is 22.4 Å². The molecule has 5 rings (SSSR count). The smallest absolute Gasteiger partial charge is 0.270 e. The molecule has 3 heterocycles. The van der Waals surface area contributed by atoms with Crippen molar-refractivity contribution in [1.29, 1.82) is 0 Å². The van der Waals surface area contributed by atoms with E-state index in [1.165, 1.54) is 11.1 Å². The van der Waals surface area contributed by atoms with Gasteiger partial charge >= 0.3 is 0 Å². The van der Waals surface area contributed by atoms with Crippen LogP contribution < -0.4 is 5.73 Å². The lowest BCUT2D eigenvalue weighted by Crippen LogP contribution is -2.36. The van der Waals surface area contributed by atoms with Crippen molar-refractivity contribution >= 4 is 11.9 Å². The van der Waals surface area contributed by atoms with E-state index >= 15 is 0 Å². The largest absolute Gasteiger partial charge is 0.368 e. The molecule has 6 heteroatoms. The molecule has 0 spiro atoms. The fourth-order valence-corrected chi connectivity index (χ4v) is 3.94. The van der Waals surface area contributed by atoms with Gasteiger partial charge in [0.1, 0.15) is 5.69 Å². The SMILES string of the molecule is Nc1ncc(-c2ccccc2)c(-c2c[nH]c(C(=O)N3CCc4ccccc4C3)c2)n1. The number of amides is 1. The van der Waals surface area contributed by atoms with Crippen LogP contribution in [0, 0.1) is 0 Å². The molecule has 6 nitrogen and oxygen atoms in total. The molecule has 0 bridgehead atoms. The fourth-order valence-electron chi connectivity index (χ4n) is 3.94. The van der Waals surface area contributed by atoms with E-state index in [1.807, 2.05) is 53.4 Å². The lowest BCUT2D eigenvalue weighted by molar-refractivity contribution is 0.0729. The number of nitrogens with one attached hydrogen (secondary N) is 1. The zero-order chi connectivity index (χ0) is 20.5. The number of hydrogen-bond donors (Lipinski definition) is 2. The van der Waals surface area contributed by atoms with E-state index in [0.717, 1.165) is 23.1 Å². The van der Waals surface area contributed by atoms with Crippen molar-refractivity contribution in [3.05, 3.63) is 89.9 Å². The summed E-state index contributed by atoms with van der Waals surface area (Å²) in [5.41, 5.74) is 12.3. The van der Waals surface area contributed by atoms with Crippen LogP contribution in [0.2, 0.25) is 0 Å². The average molecular weight is 395 g/mol. The summed E-state index contributed by atoms with van der Waals surface area (Å²) in [6.07, 6.45) is 4.40. The number of benzene rings is 2. The number of nitrogens with two attached hydrogens (primary N) is 1. The zero-order valence-corrected chi connectivity index (χ0v) is 16.4. The number of carbonyl (C=O) groups excluding carboxylic acids is 1. The maximum atomic E-state index is 13.1. The molecule has 3 N–H and O–H groups in total. The number of anilines is 1. The molecule has 0 aliphatic carbocycles. The third-order valence-electron chi connectivity index (χ3n) is 5.50. The van der Waals surface area contributed by atoms with Gasteiger partial charge < -0.3 is 15.6 Å². The molecule has 0 fully saturated rings.